The minimum absolute atomic E-state index is 0.570. The highest BCUT2D eigenvalue weighted by Gasteiger charge is 2.17. The summed E-state index contributed by atoms with van der Waals surface area (Å²) >= 11 is 1.61. The number of benzene rings is 1. The Bertz CT molecular complexity index is 804. The molecule has 0 atom stereocenters. The monoisotopic (exact) mass is 316 g/mol. The maximum atomic E-state index is 5.42. The molecule has 0 amide bonds. The van der Waals surface area contributed by atoms with Crippen LogP contribution < -0.4 is 14.2 Å². The van der Waals surface area contributed by atoms with Gasteiger partial charge in [-0.3, -0.25) is 0 Å². The Morgan fingerprint density at radius 2 is 1.64 bits per heavy atom. The van der Waals surface area contributed by atoms with Crippen LogP contribution >= 0.6 is 11.3 Å². The minimum atomic E-state index is 0.570. The summed E-state index contributed by atoms with van der Waals surface area (Å²) in [7, 11) is 4.80. The van der Waals surface area contributed by atoms with Crippen LogP contribution in [-0.4, -0.2) is 31.3 Å². The van der Waals surface area contributed by atoms with Gasteiger partial charge in [-0.2, -0.15) is 0 Å². The Labute approximate surface area is 132 Å². The van der Waals surface area contributed by atoms with Gasteiger partial charge in [-0.15, -0.1) is 11.3 Å². The molecule has 0 unspecified atom stereocenters. The molecule has 0 saturated heterocycles. The number of aryl methyl sites for hydroxylation is 1. The first-order chi connectivity index (χ1) is 10.7. The van der Waals surface area contributed by atoms with Crippen molar-refractivity contribution in [2.75, 3.05) is 21.3 Å². The summed E-state index contributed by atoms with van der Waals surface area (Å²) < 4.78 is 16.2. The number of ether oxygens (including phenoxy) is 3. The van der Waals surface area contributed by atoms with Crippen LogP contribution in [0.3, 0.4) is 0 Å². The van der Waals surface area contributed by atoms with Crippen molar-refractivity contribution in [2.45, 2.75) is 6.92 Å². The van der Waals surface area contributed by atoms with Gasteiger partial charge in [-0.25, -0.2) is 9.97 Å². The lowest BCUT2D eigenvalue weighted by Gasteiger charge is -2.14. The molecule has 0 spiro atoms. The smallest absolute Gasteiger partial charge is 0.203 e. The first-order valence-electron chi connectivity index (χ1n) is 6.68. The molecule has 3 aromatic rings. The van der Waals surface area contributed by atoms with Gasteiger partial charge >= 0.3 is 0 Å². The normalized spacial score (nSPS) is 10.7. The molecule has 0 bridgehead atoms. The Kier molecular flexibility index (Phi) is 3.85. The van der Waals surface area contributed by atoms with Crippen molar-refractivity contribution in [3.63, 3.8) is 0 Å². The van der Waals surface area contributed by atoms with Crippen LogP contribution in [-0.2, 0) is 0 Å². The third-order valence-electron chi connectivity index (χ3n) is 3.49. The van der Waals surface area contributed by atoms with Crippen molar-refractivity contribution in [1.29, 1.82) is 0 Å². The highest BCUT2D eigenvalue weighted by molar-refractivity contribution is 7.17. The fraction of sp³-hybridized carbons (Fsp3) is 0.250. The summed E-state index contributed by atoms with van der Waals surface area (Å²) in [5.41, 5.74) is 2.93. The Hall–Kier alpha value is -2.34. The first kappa shape index (κ1) is 14.6. The van der Waals surface area contributed by atoms with E-state index in [4.69, 9.17) is 14.2 Å². The summed E-state index contributed by atoms with van der Waals surface area (Å²) in [5, 5.41) is 3.14. The zero-order valence-electron chi connectivity index (χ0n) is 12.8. The van der Waals surface area contributed by atoms with Gasteiger partial charge in [0.15, 0.2) is 11.5 Å². The van der Waals surface area contributed by atoms with Crippen molar-refractivity contribution >= 4 is 21.6 Å². The quantitative estimate of drug-likeness (QED) is 0.734. The number of nitrogens with zero attached hydrogens (tertiary/aromatic N) is 2. The van der Waals surface area contributed by atoms with Crippen LogP contribution in [0.5, 0.6) is 17.2 Å². The molecule has 0 saturated carbocycles. The van der Waals surface area contributed by atoms with Gasteiger partial charge in [0, 0.05) is 10.9 Å². The third kappa shape index (κ3) is 2.25. The van der Waals surface area contributed by atoms with E-state index in [1.807, 2.05) is 12.1 Å². The lowest BCUT2D eigenvalue weighted by Crippen LogP contribution is -1.96. The maximum absolute atomic E-state index is 5.42. The second kappa shape index (κ2) is 5.81. The van der Waals surface area contributed by atoms with Gasteiger partial charge in [0.1, 0.15) is 11.2 Å². The van der Waals surface area contributed by atoms with E-state index in [9.17, 15) is 0 Å². The summed E-state index contributed by atoms with van der Waals surface area (Å²) in [6.45, 7) is 2.06. The van der Waals surface area contributed by atoms with E-state index in [0.29, 0.717) is 17.2 Å². The van der Waals surface area contributed by atoms with Gasteiger partial charge in [0.2, 0.25) is 5.75 Å². The van der Waals surface area contributed by atoms with Crippen molar-refractivity contribution in [1.82, 2.24) is 9.97 Å². The van der Waals surface area contributed by atoms with Crippen LogP contribution in [0, 0.1) is 6.92 Å². The maximum Gasteiger partial charge on any atom is 0.203 e. The Morgan fingerprint density at radius 1 is 0.955 bits per heavy atom. The predicted molar refractivity (Wildman–Crippen MR) is 87.2 cm³/mol. The molecule has 22 heavy (non-hydrogen) atoms. The zero-order chi connectivity index (χ0) is 15.7. The molecule has 0 aliphatic rings. The zero-order valence-corrected chi connectivity index (χ0v) is 13.7. The number of hydrogen-bond acceptors (Lipinski definition) is 6. The molecule has 5 nitrogen and oxygen atoms in total. The molecule has 2 heterocycles. The van der Waals surface area contributed by atoms with Gasteiger partial charge in [-0.05, 0) is 30.0 Å². The average molecular weight is 316 g/mol. The SMILES string of the molecule is COc1cc(-c2ncnc3scc(C)c23)cc(OC)c1OC. The molecule has 0 aliphatic carbocycles. The Morgan fingerprint density at radius 3 is 2.23 bits per heavy atom. The fourth-order valence-corrected chi connectivity index (χ4v) is 3.34. The molecule has 1 aromatic carbocycles. The number of fused-ring (bicyclic) bond motifs is 1. The summed E-state index contributed by atoms with van der Waals surface area (Å²) in [5.74, 6) is 1.79. The number of hydrogen-bond donors (Lipinski definition) is 0. The van der Waals surface area contributed by atoms with Crippen molar-refractivity contribution in [2.24, 2.45) is 0 Å². The largest absolute Gasteiger partial charge is 0.493 e. The average Bonchev–Trinajstić information content (AvgIpc) is 2.94. The highest BCUT2D eigenvalue weighted by Crippen LogP contribution is 2.42. The molecule has 0 aliphatic heterocycles. The predicted octanol–water partition coefficient (Wildman–Crippen LogP) is 3.69. The van der Waals surface area contributed by atoms with Gasteiger partial charge in [0.05, 0.1) is 27.0 Å². The molecule has 6 heteroatoms. The fourth-order valence-electron chi connectivity index (χ4n) is 2.45. The van der Waals surface area contributed by atoms with Gasteiger partial charge in [0.25, 0.3) is 0 Å². The van der Waals surface area contributed by atoms with Crippen LogP contribution in [0.2, 0.25) is 0 Å². The first-order valence-corrected chi connectivity index (χ1v) is 7.56. The van der Waals surface area contributed by atoms with E-state index in [1.54, 1.807) is 39.0 Å². The molecule has 2 aromatic heterocycles. The summed E-state index contributed by atoms with van der Waals surface area (Å²) in [6.07, 6.45) is 1.58. The molecule has 0 radical (unpaired) electrons. The van der Waals surface area contributed by atoms with E-state index < -0.39 is 0 Å². The number of thiophene rings is 1. The van der Waals surface area contributed by atoms with Crippen LogP contribution in [0.4, 0.5) is 0 Å². The number of methoxy groups -OCH3 is 3. The van der Waals surface area contributed by atoms with E-state index in [-0.39, 0.29) is 0 Å². The van der Waals surface area contributed by atoms with Crippen LogP contribution in [0.1, 0.15) is 5.56 Å². The lowest BCUT2D eigenvalue weighted by atomic mass is 10.1. The van der Waals surface area contributed by atoms with Gasteiger partial charge < -0.3 is 14.2 Å². The van der Waals surface area contributed by atoms with E-state index in [1.165, 1.54) is 0 Å². The lowest BCUT2D eigenvalue weighted by molar-refractivity contribution is 0.324. The Balaban J connectivity index is 2.29. The third-order valence-corrected chi connectivity index (χ3v) is 4.50. The second-order valence-corrected chi connectivity index (χ2v) is 5.59. The summed E-state index contributed by atoms with van der Waals surface area (Å²) in [4.78, 5) is 9.76. The summed E-state index contributed by atoms with van der Waals surface area (Å²) in [6, 6.07) is 3.81. The highest BCUT2D eigenvalue weighted by atomic mass is 32.1. The molecule has 0 fully saturated rings. The molecular formula is C16H16N2O3S. The minimum Gasteiger partial charge on any atom is -0.493 e. The van der Waals surface area contributed by atoms with Crippen molar-refractivity contribution in [3.05, 3.63) is 29.4 Å². The number of aromatic nitrogens is 2. The van der Waals surface area contributed by atoms with Gasteiger partial charge in [-0.1, -0.05) is 0 Å². The topological polar surface area (TPSA) is 53.5 Å². The van der Waals surface area contributed by atoms with Crippen molar-refractivity contribution < 1.29 is 14.2 Å². The van der Waals surface area contributed by atoms with E-state index >= 15 is 0 Å². The second-order valence-electron chi connectivity index (χ2n) is 4.74. The standard InChI is InChI=1S/C16H16N2O3S/c1-9-7-22-16-13(9)14(17-8-18-16)10-5-11(19-2)15(21-4)12(6-10)20-3/h5-8H,1-4H3. The van der Waals surface area contributed by atoms with Crippen LogP contribution in [0.15, 0.2) is 23.8 Å². The number of rotatable bonds is 4. The molecule has 0 N–H and O–H groups in total. The van der Waals surface area contributed by atoms with E-state index in [2.05, 4.69) is 22.3 Å². The molecular weight excluding hydrogens is 300 g/mol. The van der Waals surface area contributed by atoms with Crippen molar-refractivity contribution in [3.8, 4) is 28.5 Å². The molecule has 114 valence electrons. The van der Waals surface area contributed by atoms with E-state index in [0.717, 1.165) is 27.0 Å². The molecule has 3 rings (SSSR count). The van der Waals surface area contributed by atoms with Crippen LogP contribution in [0.25, 0.3) is 21.5 Å².